The summed E-state index contributed by atoms with van der Waals surface area (Å²) in [6.45, 7) is 0. The van der Waals surface area contributed by atoms with E-state index in [2.05, 4.69) is 10.3 Å². The Labute approximate surface area is 224 Å². The zero-order valence-corrected chi connectivity index (χ0v) is 21.1. The largest absolute Gasteiger partial charge is 0.330 e. The number of hydrogen-bond acceptors (Lipinski definition) is 3. The van der Waals surface area contributed by atoms with Gasteiger partial charge in [-0.1, -0.05) is 89.9 Å². The average Bonchev–Trinajstić information content (AvgIpc) is 2.90. The Kier molecular flexibility index (Phi) is 7.17. The molecule has 0 bridgehead atoms. The molecule has 1 heterocycles. The predicted molar refractivity (Wildman–Crippen MR) is 150 cm³/mol. The molecule has 5 rings (SSSR count). The molecule has 2 amide bonds. The second kappa shape index (κ2) is 10.8. The number of ketones is 1. The van der Waals surface area contributed by atoms with Gasteiger partial charge in [0.15, 0.2) is 5.78 Å². The van der Waals surface area contributed by atoms with Crippen molar-refractivity contribution in [3.05, 3.63) is 130 Å². The number of carbonyl (C=O) groups is 2. The van der Waals surface area contributed by atoms with Crippen LogP contribution in [0.5, 0.6) is 0 Å². The summed E-state index contributed by atoms with van der Waals surface area (Å²) in [6, 6.07) is 32.4. The molecule has 0 fully saturated rings. The first-order chi connectivity index (χ1) is 18.0. The number of pyridine rings is 1. The number of nitrogens with one attached hydrogen (secondary N) is 1. The van der Waals surface area contributed by atoms with Crippen molar-refractivity contribution in [3.8, 4) is 0 Å². The summed E-state index contributed by atoms with van der Waals surface area (Å²) in [5.74, 6) is -0.192. The van der Waals surface area contributed by atoms with E-state index >= 15 is 0 Å². The third-order valence-corrected chi connectivity index (χ3v) is 6.31. The van der Waals surface area contributed by atoms with E-state index in [0.717, 1.165) is 5.56 Å². The van der Waals surface area contributed by atoms with E-state index in [-0.39, 0.29) is 17.9 Å². The Morgan fingerprint density at radius 1 is 0.757 bits per heavy atom. The first-order valence-corrected chi connectivity index (χ1v) is 12.3. The van der Waals surface area contributed by atoms with Crippen molar-refractivity contribution in [2.24, 2.45) is 0 Å². The zero-order chi connectivity index (χ0) is 25.8. The van der Waals surface area contributed by atoms with Gasteiger partial charge in [0.25, 0.3) is 0 Å². The lowest BCUT2D eigenvalue weighted by atomic mass is 10.0. The third-order valence-electron chi connectivity index (χ3n) is 5.79. The first kappa shape index (κ1) is 24.5. The molecule has 5 aromatic rings. The van der Waals surface area contributed by atoms with Crippen LogP contribution in [0.25, 0.3) is 10.9 Å². The van der Waals surface area contributed by atoms with Crippen molar-refractivity contribution in [3.63, 3.8) is 0 Å². The molecule has 5 nitrogen and oxygen atoms in total. The molecular weight excluding hydrogens is 505 g/mol. The summed E-state index contributed by atoms with van der Waals surface area (Å²) in [6.07, 6.45) is 0.168. The van der Waals surface area contributed by atoms with Gasteiger partial charge in [-0.05, 0) is 48.0 Å². The average molecular weight is 526 g/mol. The van der Waals surface area contributed by atoms with Gasteiger partial charge in [-0.25, -0.2) is 9.78 Å². The fourth-order valence-electron chi connectivity index (χ4n) is 4.11. The third kappa shape index (κ3) is 5.48. The number of carbonyl (C=O) groups excluding carboxylic acids is 2. The molecule has 182 valence electrons. The van der Waals surface area contributed by atoms with Crippen LogP contribution in [-0.2, 0) is 6.42 Å². The highest BCUT2D eigenvalue weighted by Gasteiger charge is 2.22. The highest BCUT2D eigenvalue weighted by atomic mass is 35.5. The number of nitrogens with zero attached hydrogens (tertiary/aromatic N) is 2. The molecule has 7 heteroatoms. The Morgan fingerprint density at radius 3 is 1.92 bits per heavy atom. The number of benzene rings is 4. The van der Waals surface area contributed by atoms with E-state index in [1.807, 2.05) is 91.0 Å². The van der Waals surface area contributed by atoms with Gasteiger partial charge in [-0.15, -0.1) is 0 Å². The lowest BCUT2D eigenvalue weighted by Gasteiger charge is -2.24. The molecule has 0 aliphatic rings. The summed E-state index contributed by atoms with van der Waals surface area (Å²) in [5.41, 5.74) is 3.21. The number of para-hydroxylation sites is 2. The van der Waals surface area contributed by atoms with Gasteiger partial charge >= 0.3 is 6.03 Å². The summed E-state index contributed by atoms with van der Waals surface area (Å²) >= 11 is 12.8. The van der Waals surface area contributed by atoms with Crippen molar-refractivity contribution < 1.29 is 9.59 Å². The van der Waals surface area contributed by atoms with Crippen molar-refractivity contribution in [2.45, 2.75) is 6.42 Å². The van der Waals surface area contributed by atoms with Gasteiger partial charge in [-0.3, -0.25) is 9.69 Å². The lowest BCUT2D eigenvalue weighted by Crippen LogP contribution is -2.31. The summed E-state index contributed by atoms with van der Waals surface area (Å²) in [4.78, 5) is 33.0. The van der Waals surface area contributed by atoms with Crippen LogP contribution in [0.3, 0.4) is 0 Å². The van der Waals surface area contributed by atoms with E-state index in [1.54, 1.807) is 23.1 Å². The van der Waals surface area contributed by atoms with Gasteiger partial charge < -0.3 is 5.32 Å². The number of rotatable bonds is 6. The van der Waals surface area contributed by atoms with E-state index in [4.69, 9.17) is 23.2 Å². The molecule has 0 unspecified atom stereocenters. The maximum atomic E-state index is 13.7. The molecule has 1 aromatic heterocycles. The monoisotopic (exact) mass is 525 g/mol. The van der Waals surface area contributed by atoms with Crippen molar-refractivity contribution in [2.75, 3.05) is 10.2 Å². The van der Waals surface area contributed by atoms with Crippen LogP contribution in [0.2, 0.25) is 10.0 Å². The topological polar surface area (TPSA) is 62.3 Å². The van der Waals surface area contributed by atoms with E-state index in [1.165, 1.54) is 0 Å². The SMILES string of the molecule is O=C(Cc1ccccc1)c1cc(NC(=O)N(c2ccccc2)c2ccccc2)c2c(Cl)cc(Cl)cc2n1. The zero-order valence-electron chi connectivity index (χ0n) is 19.6. The maximum absolute atomic E-state index is 13.7. The number of Topliss-reactive ketones (excluding diaryl/α,β-unsaturated/α-hetero) is 1. The summed E-state index contributed by atoms with van der Waals surface area (Å²) in [5, 5.41) is 4.16. The van der Waals surface area contributed by atoms with Gasteiger partial charge in [-0.2, -0.15) is 0 Å². The lowest BCUT2D eigenvalue weighted by molar-refractivity contribution is 0.0988. The molecule has 0 spiro atoms. The molecule has 0 aliphatic heterocycles. The fraction of sp³-hybridized carbons (Fsp3) is 0.0333. The fourth-order valence-corrected chi connectivity index (χ4v) is 4.69. The number of amides is 2. The van der Waals surface area contributed by atoms with Crippen LogP contribution in [0, 0.1) is 0 Å². The number of anilines is 3. The van der Waals surface area contributed by atoms with Crippen LogP contribution >= 0.6 is 23.2 Å². The van der Waals surface area contributed by atoms with Crippen molar-refractivity contribution in [1.82, 2.24) is 4.98 Å². The highest BCUT2D eigenvalue weighted by Crippen LogP contribution is 2.34. The Balaban J connectivity index is 1.58. The second-order valence-electron chi connectivity index (χ2n) is 8.36. The van der Waals surface area contributed by atoms with Crippen molar-refractivity contribution >= 4 is 63.0 Å². The van der Waals surface area contributed by atoms with E-state index in [9.17, 15) is 9.59 Å². The summed E-state index contributed by atoms with van der Waals surface area (Å²) < 4.78 is 0. The van der Waals surface area contributed by atoms with Crippen LogP contribution in [-0.4, -0.2) is 16.8 Å². The molecule has 4 aromatic carbocycles. The van der Waals surface area contributed by atoms with Crippen LogP contribution in [0.1, 0.15) is 16.1 Å². The smallest absolute Gasteiger partial charge is 0.306 e. The minimum absolute atomic E-state index is 0.168. The van der Waals surface area contributed by atoms with Crippen LogP contribution in [0.15, 0.2) is 109 Å². The van der Waals surface area contributed by atoms with Gasteiger partial charge in [0.1, 0.15) is 5.69 Å². The maximum Gasteiger partial charge on any atom is 0.330 e. The predicted octanol–water partition coefficient (Wildman–Crippen LogP) is 8.34. The van der Waals surface area contributed by atoms with Crippen LogP contribution in [0.4, 0.5) is 21.9 Å². The summed E-state index contributed by atoms with van der Waals surface area (Å²) in [7, 11) is 0. The molecule has 0 aliphatic carbocycles. The van der Waals surface area contributed by atoms with Crippen molar-refractivity contribution in [1.29, 1.82) is 0 Å². The molecule has 1 N–H and O–H groups in total. The molecule has 0 saturated carbocycles. The Bertz CT molecular complexity index is 1540. The van der Waals surface area contributed by atoms with E-state index < -0.39 is 6.03 Å². The minimum Gasteiger partial charge on any atom is -0.306 e. The Hall–Kier alpha value is -4.19. The second-order valence-corrected chi connectivity index (χ2v) is 9.20. The molecule has 37 heavy (non-hydrogen) atoms. The molecule has 0 saturated heterocycles. The van der Waals surface area contributed by atoms with Gasteiger partial charge in [0, 0.05) is 16.8 Å². The first-order valence-electron chi connectivity index (χ1n) is 11.6. The highest BCUT2D eigenvalue weighted by molar-refractivity contribution is 6.39. The standard InChI is InChI=1S/C30H21Cl2N3O2/c31-21-17-24(32)29-26(18-21)33-25(28(36)16-20-10-4-1-5-11-20)19-27(29)34-30(37)35(22-12-6-2-7-13-22)23-14-8-3-9-15-23/h1-15,17-19H,16H2,(H,33,34,37). The number of aromatic nitrogens is 1. The number of halogens is 2. The molecule has 0 radical (unpaired) electrons. The van der Waals surface area contributed by atoms with Gasteiger partial charge in [0.05, 0.1) is 27.6 Å². The molecule has 0 atom stereocenters. The number of urea groups is 1. The number of hydrogen-bond donors (Lipinski definition) is 1. The van der Waals surface area contributed by atoms with Gasteiger partial charge in [0.2, 0.25) is 0 Å². The molecular formula is C30H21Cl2N3O2. The van der Waals surface area contributed by atoms with Crippen LogP contribution < -0.4 is 10.2 Å². The quantitative estimate of drug-likeness (QED) is 0.226. The number of fused-ring (bicyclic) bond motifs is 1. The Morgan fingerprint density at radius 2 is 1.32 bits per heavy atom. The normalized spacial score (nSPS) is 10.8. The van der Waals surface area contributed by atoms with E-state index in [0.29, 0.717) is 38.0 Å². The minimum atomic E-state index is -0.419.